The van der Waals surface area contributed by atoms with E-state index in [1.807, 2.05) is 42.5 Å². The van der Waals surface area contributed by atoms with Crippen molar-refractivity contribution in [2.75, 3.05) is 13.2 Å². The van der Waals surface area contributed by atoms with Gasteiger partial charge in [-0.2, -0.15) is 0 Å². The van der Waals surface area contributed by atoms with Gasteiger partial charge in [0, 0.05) is 24.5 Å². The Hall–Kier alpha value is -3.31. The normalized spacial score (nSPS) is 11.1. The third-order valence-electron chi connectivity index (χ3n) is 6.18. The maximum Gasteiger partial charge on any atom is 0.224 e. The van der Waals surface area contributed by atoms with Crippen molar-refractivity contribution in [3.63, 3.8) is 0 Å². The molecule has 1 heterocycles. The fourth-order valence-electron chi connectivity index (χ4n) is 4.11. The van der Waals surface area contributed by atoms with Gasteiger partial charge in [-0.3, -0.25) is 4.79 Å². The topological polar surface area (TPSA) is 56.1 Å². The fraction of sp³-hybridized carbons (Fsp3) is 0.310. The molecule has 0 aliphatic rings. The number of carbonyl (C=O) groups excluding carboxylic acids is 1. The van der Waals surface area contributed by atoms with Crippen molar-refractivity contribution in [2.24, 2.45) is 0 Å². The van der Waals surface area contributed by atoms with Crippen LogP contribution in [0.2, 0.25) is 5.02 Å². The second-order valence-corrected chi connectivity index (χ2v) is 9.31. The third kappa shape index (κ3) is 6.86. The maximum atomic E-state index is 12.3. The number of benzene rings is 3. The van der Waals surface area contributed by atoms with E-state index >= 15 is 0 Å². The number of imidazole rings is 1. The molecule has 0 aliphatic carbocycles. The van der Waals surface area contributed by atoms with Crippen molar-refractivity contribution < 1.29 is 9.53 Å². The minimum atomic E-state index is 0.0179. The highest BCUT2D eigenvalue weighted by molar-refractivity contribution is 6.30. The molecule has 35 heavy (non-hydrogen) atoms. The number of rotatable bonds is 11. The van der Waals surface area contributed by atoms with Gasteiger partial charge in [0.05, 0.1) is 24.1 Å². The molecule has 4 aromatic rings. The monoisotopic (exact) mass is 489 g/mol. The van der Waals surface area contributed by atoms with Crippen LogP contribution < -0.4 is 10.1 Å². The number of ether oxygens (including phenoxy) is 1. The summed E-state index contributed by atoms with van der Waals surface area (Å²) in [5.74, 6) is 1.98. The van der Waals surface area contributed by atoms with Gasteiger partial charge in [-0.1, -0.05) is 41.9 Å². The Kier molecular flexibility index (Phi) is 8.43. The summed E-state index contributed by atoms with van der Waals surface area (Å²) in [5.41, 5.74) is 5.61. The Morgan fingerprint density at radius 3 is 2.60 bits per heavy atom. The SMILES string of the molecule is Cc1ccc(OCCCn2c(CCCNC(=O)Cc3ccc(Cl)cc3)nc3ccccc32)cc1C. The Labute approximate surface area is 212 Å². The van der Waals surface area contributed by atoms with Gasteiger partial charge >= 0.3 is 0 Å². The number of fused-ring (bicyclic) bond motifs is 1. The minimum absolute atomic E-state index is 0.0179. The summed E-state index contributed by atoms with van der Waals surface area (Å²) >= 11 is 5.91. The van der Waals surface area contributed by atoms with E-state index in [0.29, 0.717) is 24.6 Å². The first-order valence-electron chi connectivity index (χ1n) is 12.1. The van der Waals surface area contributed by atoms with E-state index in [2.05, 4.69) is 48.0 Å². The molecule has 4 rings (SSSR count). The van der Waals surface area contributed by atoms with Crippen molar-refractivity contribution in [1.29, 1.82) is 0 Å². The lowest BCUT2D eigenvalue weighted by Crippen LogP contribution is -2.26. The molecule has 0 fully saturated rings. The van der Waals surface area contributed by atoms with Crippen LogP contribution >= 0.6 is 11.6 Å². The Morgan fingerprint density at radius 2 is 1.80 bits per heavy atom. The highest BCUT2D eigenvalue weighted by Gasteiger charge is 2.11. The van der Waals surface area contributed by atoms with Gasteiger partial charge in [0.1, 0.15) is 11.6 Å². The van der Waals surface area contributed by atoms with Gasteiger partial charge in [-0.05, 0) is 79.8 Å². The van der Waals surface area contributed by atoms with Gasteiger partial charge in [-0.15, -0.1) is 0 Å². The van der Waals surface area contributed by atoms with Crippen molar-refractivity contribution in [3.05, 3.63) is 94.3 Å². The van der Waals surface area contributed by atoms with Crippen molar-refractivity contribution in [2.45, 2.75) is 46.1 Å². The first-order chi connectivity index (χ1) is 17.0. The smallest absolute Gasteiger partial charge is 0.224 e. The second kappa shape index (κ2) is 11.9. The van der Waals surface area contributed by atoms with Gasteiger partial charge in [-0.25, -0.2) is 4.98 Å². The summed E-state index contributed by atoms with van der Waals surface area (Å²) in [6, 6.07) is 21.8. The molecule has 182 valence electrons. The van der Waals surface area contributed by atoms with Crippen LogP contribution in [0.1, 0.15) is 35.4 Å². The molecule has 1 aromatic heterocycles. The molecule has 0 saturated heterocycles. The summed E-state index contributed by atoms with van der Waals surface area (Å²) in [6.45, 7) is 6.31. The number of carbonyl (C=O) groups is 1. The summed E-state index contributed by atoms with van der Waals surface area (Å²) in [6.07, 6.45) is 2.87. The Balaban J connectivity index is 1.29. The summed E-state index contributed by atoms with van der Waals surface area (Å²) in [5, 5.41) is 3.69. The number of aryl methyl sites for hydroxylation is 4. The Morgan fingerprint density at radius 1 is 1.00 bits per heavy atom. The number of nitrogens with one attached hydrogen (secondary N) is 1. The summed E-state index contributed by atoms with van der Waals surface area (Å²) < 4.78 is 8.27. The molecule has 1 amide bonds. The van der Waals surface area contributed by atoms with Crippen molar-refractivity contribution in [1.82, 2.24) is 14.9 Å². The largest absolute Gasteiger partial charge is 0.494 e. The van der Waals surface area contributed by atoms with Gasteiger partial charge in [0.15, 0.2) is 0 Å². The lowest BCUT2D eigenvalue weighted by molar-refractivity contribution is -0.120. The predicted molar refractivity (Wildman–Crippen MR) is 142 cm³/mol. The van der Waals surface area contributed by atoms with Crippen LogP contribution in [0.25, 0.3) is 11.0 Å². The number of para-hydroxylation sites is 2. The van der Waals surface area contributed by atoms with Crippen LogP contribution in [-0.4, -0.2) is 28.6 Å². The highest BCUT2D eigenvalue weighted by atomic mass is 35.5. The number of hydrogen-bond acceptors (Lipinski definition) is 3. The van der Waals surface area contributed by atoms with Gasteiger partial charge in [0.2, 0.25) is 5.91 Å². The van der Waals surface area contributed by atoms with Gasteiger partial charge in [0.25, 0.3) is 0 Å². The van der Waals surface area contributed by atoms with E-state index in [-0.39, 0.29) is 5.91 Å². The number of aromatic nitrogens is 2. The molecule has 1 N–H and O–H groups in total. The zero-order chi connectivity index (χ0) is 24.6. The van der Waals surface area contributed by atoms with Gasteiger partial charge < -0.3 is 14.6 Å². The lowest BCUT2D eigenvalue weighted by Gasteiger charge is -2.12. The summed E-state index contributed by atoms with van der Waals surface area (Å²) in [4.78, 5) is 17.1. The predicted octanol–water partition coefficient (Wildman–Crippen LogP) is 6.07. The third-order valence-corrected chi connectivity index (χ3v) is 6.44. The minimum Gasteiger partial charge on any atom is -0.494 e. The van der Waals surface area contributed by atoms with Crippen LogP contribution in [0.15, 0.2) is 66.7 Å². The van der Waals surface area contributed by atoms with E-state index in [4.69, 9.17) is 21.3 Å². The number of amides is 1. The number of halogens is 1. The number of nitrogens with zero attached hydrogens (tertiary/aromatic N) is 2. The molecule has 0 aliphatic heterocycles. The molecule has 0 unspecified atom stereocenters. The van der Waals surface area contributed by atoms with E-state index in [0.717, 1.165) is 54.0 Å². The molecular weight excluding hydrogens is 458 g/mol. The molecule has 0 atom stereocenters. The average Bonchev–Trinajstić information content (AvgIpc) is 3.20. The molecular formula is C29H32ClN3O2. The van der Waals surface area contributed by atoms with E-state index in [1.54, 1.807) is 0 Å². The molecule has 5 nitrogen and oxygen atoms in total. The fourth-order valence-corrected chi connectivity index (χ4v) is 4.23. The summed E-state index contributed by atoms with van der Waals surface area (Å²) in [7, 11) is 0. The Bertz CT molecular complexity index is 1280. The quantitative estimate of drug-likeness (QED) is 0.260. The highest BCUT2D eigenvalue weighted by Crippen LogP contribution is 2.19. The zero-order valence-corrected chi connectivity index (χ0v) is 21.1. The molecule has 0 bridgehead atoms. The molecule has 0 radical (unpaired) electrons. The van der Waals surface area contributed by atoms with Crippen molar-refractivity contribution in [3.8, 4) is 5.75 Å². The van der Waals surface area contributed by atoms with Crippen LogP contribution in [0.4, 0.5) is 0 Å². The molecule has 6 heteroatoms. The van der Waals surface area contributed by atoms with Crippen LogP contribution in [0.5, 0.6) is 5.75 Å². The maximum absolute atomic E-state index is 12.3. The van der Waals surface area contributed by atoms with Crippen LogP contribution in [0, 0.1) is 13.8 Å². The first kappa shape index (κ1) is 24.8. The second-order valence-electron chi connectivity index (χ2n) is 8.87. The molecule has 0 spiro atoms. The number of hydrogen-bond donors (Lipinski definition) is 1. The van der Waals surface area contributed by atoms with E-state index in [1.165, 1.54) is 11.1 Å². The van der Waals surface area contributed by atoms with E-state index < -0.39 is 0 Å². The lowest BCUT2D eigenvalue weighted by atomic mass is 10.1. The van der Waals surface area contributed by atoms with E-state index in [9.17, 15) is 4.79 Å². The molecule has 0 saturated carbocycles. The van der Waals surface area contributed by atoms with Crippen LogP contribution in [0.3, 0.4) is 0 Å². The standard InChI is InChI=1S/C29H32ClN3O2/c1-21-10-15-25(19-22(21)2)35-18-6-17-33-27-8-4-3-7-26(27)32-28(33)9-5-16-31-29(34)20-23-11-13-24(30)14-12-23/h3-4,7-8,10-15,19H,5-6,9,16-18,20H2,1-2H3,(H,31,34). The van der Waals surface area contributed by atoms with Crippen LogP contribution in [-0.2, 0) is 24.2 Å². The van der Waals surface area contributed by atoms with Crippen molar-refractivity contribution >= 4 is 28.5 Å². The average molecular weight is 490 g/mol. The zero-order valence-electron chi connectivity index (χ0n) is 20.4. The first-order valence-corrected chi connectivity index (χ1v) is 12.5. The molecule has 3 aromatic carbocycles.